The van der Waals surface area contributed by atoms with Crippen LogP contribution in [0.15, 0.2) is 60.0 Å². The van der Waals surface area contributed by atoms with Crippen molar-refractivity contribution in [1.82, 2.24) is 4.98 Å². The van der Waals surface area contributed by atoms with E-state index in [0.29, 0.717) is 12.2 Å². The lowest BCUT2D eigenvalue weighted by Crippen LogP contribution is -2.00. The standard InChI is InChI=1S/C16H13N3O2S/c20-19(21)15-8-4-7-13(9-15)17-10-14-11-22-16(18-14)12-5-2-1-3-6-12/h1-9,11,17H,10H2. The Morgan fingerprint density at radius 1 is 1.14 bits per heavy atom. The summed E-state index contributed by atoms with van der Waals surface area (Å²) in [5, 5.41) is 16.9. The first-order valence-electron chi connectivity index (χ1n) is 6.70. The fourth-order valence-corrected chi connectivity index (χ4v) is 2.85. The first kappa shape index (κ1) is 14.2. The van der Waals surface area contributed by atoms with Crippen LogP contribution >= 0.6 is 11.3 Å². The van der Waals surface area contributed by atoms with Crippen molar-refractivity contribution in [3.63, 3.8) is 0 Å². The Hall–Kier alpha value is -2.73. The molecule has 5 nitrogen and oxygen atoms in total. The summed E-state index contributed by atoms with van der Waals surface area (Å²) in [7, 11) is 0. The largest absolute Gasteiger partial charge is 0.379 e. The minimum absolute atomic E-state index is 0.0771. The monoisotopic (exact) mass is 311 g/mol. The summed E-state index contributed by atoms with van der Waals surface area (Å²) >= 11 is 1.59. The van der Waals surface area contributed by atoms with Gasteiger partial charge in [0.1, 0.15) is 5.01 Å². The van der Waals surface area contributed by atoms with Crippen molar-refractivity contribution < 1.29 is 4.92 Å². The SMILES string of the molecule is O=[N+]([O-])c1cccc(NCc2csc(-c3ccccc3)n2)c1. The van der Waals surface area contributed by atoms with E-state index in [9.17, 15) is 10.1 Å². The predicted octanol–water partition coefficient (Wildman–Crippen LogP) is 4.33. The number of thiazole rings is 1. The number of nitro groups is 1. The van der Waals surface area contributed by atoms with Crippen molar-refractivity contribution in [3.8, 4) is 10.6 Å². The summed E-state index contributed by atoms with van der Waals surface area (Å²) < 4.78 is 0. The maximum absolute atomic E-state index is 10.8. The van der Waals surface area contributed by atoms with Crippen LogP contribution in [-0.2, 0) is 6.54 Å². The summed E-state index contributed by atoms with van der Waals surface area (Å²) in [6.07, 6.45) is 0. The van der Waals surface area contributed by atoms with Gasteiger partial charge in [-0.1, -0.05) is 36.4 Å². The van der Waals surface area contributed by atoms with E-state index in [2.05, 4.69) is 10.3 Å². The van der Waals surface area contributed by atoms with Gasteiger partial charge in [0.05, 0.1) is 17.2 Å². The molecule has 0 saturated carbocycles. The zero-order valence-electron chi connectivity index (χ0n) is 11.6. The Morgan fingerprint density at radius 2 is 1.95 bits per heavy atom. The molecule has 3 aromatic rings. The van der Waals surface area contributed by atoms with Crippen LogP contribution in [-0.4, -0.2) is 9.91 Å². The van der Waals surface area contributed by atoms with Gasteiger partial charge in [-0.2, -0.15) is 0 Å². The molecule has 0 fully saturated rings. The molecule has 1 heterocycles. The fraction of sp³-hybridized carbons (Fsp3) is 0.0625. The molecule has 22 heavy (non-hydrogen) atoms. The van der Waals surface area contributed by atoms with Crippen LogP contribution in [0.4, 0.5) is 11.4 Å². The van der Waals surface area contributed by atoms with E-state index in [-0.39, 0.29) is 5.69 Å². The van der Waals surface area contributed by atoms with Gasteiger partial charge in [-0.3, -0.25) is 10.1 Å². The molecule has 0 unspecified atom stereocenters. The number of anilines is 1. The number of nitrogens with zero attached hydrogens (tertiary/aromatic N) is 2. The lowest BCUT2D eigenvalue weighted by Gasteiger charge is -2.03. The molecule has 0 radical (unpaired) electrons. The van der Waals surface area contributed by atoms with E-state index in [4.69, 9.17) is 0 Å². The second kappa shape index (κ2) is 6.36. The molecule has 0 aliphatic carbocycles. The number of aromatic nitrogens is 1. The molecule has 1 aromatic heterocycles. The number of nitro benzene ring substituents is 1. The highest BCUT2D eigenvalue weighted by Gasteiger charge is 2.07. The van der Waals surface area contributed by atoms with Crippen LogP contribution in [0.25, 0.3) is 10.6 Å². The van der Waals surface area contributed by atoms with Crippen LogP contribution in [0.3, 0.4) is 0 Å². The van der Waals surface area contributed by atoms with Crippen molar-refractivity contribution in [1.29, 1.82) is 0 Å². The maximum Gasteiger partial charge on any atom is 0.271 e. The molecule has 6 heteroatoms. The number of rotatable bonds is 5. The topological polar surface area (TPSA) is 68.1 Å². The Bertz CT molecular complexity index is 787. The molecular weight excluding hydrogens is 298 g/mol. The zero-order chi connectivity index (χ0) is 15.4. The van der Waals surface area contributed by atoms with Gasteiger partial charge in [-0.05, 0) is 6.07 Å². The van der Waals surface area contributed by atoms with Crippen molar-refractivity contribution in [2.75, 3.05) is 5.32 Å². The Morgan fingerprint density at radius 3 is 2.73 bits per heavy atom. The lowest BCUT2D eigenvalue weighted by atomic mass is 10.2. The molecule has 0 amide bonds. The van der Waals surface area contributed by atoms with E-state index in [1.54, 1.807) is 23.5 Å². The Balaban J connectivity index is 1.69. The number of hydrogen-bond acceptors (Lipinski definition) is 5. The van der Waals surface area contributed by atoms with Gasteiger partial charge in [0.25, 0.3) is 5.69 Å². The summed E-state index contributed by atoms with van der Waals surface area (Å²) in [6, 6.07) is 16.4. The third kappa shape index (κ3) is 3.29. The maximum atomic E-state index is 10.8. The third-order valence-electron chi connectivity index (χ3n) is 3.10. The number of hydrogen-bond donors (Lipinski definition) is 1. The molecule has 0 aliphatic rings. The quantitative estimate of drug-likeness (QED) is 0.562. The summed E-state index contributed by atoms with van der Waals surface area (Å²) in [6.45, 7) is 0.532. The predicted molar refractivity (Wildman–Crippen MR) is 88.0 cm³/mol. The highest BCUT2D eigenvalue weighted by molar-refractivity contribution is 7.13. The highest BCUT2D eigenvalue weighted by atomic mass is 32.1. The van der Waals surface area contributed by atoms with Crippen molar-refractivity contribution in [2.45, 2.75) is 6.54 Å². The number of non-ortho nitro benzene ring substituents is 1. The van der Waals surface area contributed by atoms with Crippen LogP contribution in [0.5, 0.6) is 0 Å². The van der Waals surface area contributed by atoms with Crippen LogP contribution in [0, 0.1) is 10.1 Å². The average molecular weight is 311 g/mol. The van der Waals surface area contributed by atoms with Gasteiger partial charge in [0.2, 0.25) is 0 Å². The van der Waals surface area contributed by atoms with E-state index in [1.807, 2.05) is 35.7 Å². The first-order valence-corrected chi connectivity index (χ1v) is 7.58. The van der Waals surface area contributed by atoms with Gasteiger partial charge in [-0.25, -0.2) is 4.98 Å². The highest BCUT2D eigenvalue weighted by Crippen LogP contribution is 2.24. The second-order valence-corrected chi connectivity index (χ2v) is 5.53. The fourth-order valence-electron chi connectivity index (χ4n) is 2.02. The first-order chi connectivity index (χ1) is 10.7. The molecule has 1 N–H and O–H groups in total. The summed E-state index contributed by atoms with van der Waals surface area (Å²) in [5.74, 6) is 0. The normalized spacial score (nSPS) is 10.4. The van der Waals surface area contributed by atoms with Crippen LogP contribution < -0.4 is 5.32 Å². The van der Waals surface area contributed by atoms with Gasteiger partial charge < -0.3 is 5.32 Å². The second-order valence-electron chi connectivity index (χ2n) is 4.67. The van der Waals surface area contributed by atoms with Gasteiger partial charge in [0.15, 0.2) is 0 Å². The summed E-state index contributed by atoms with van der Waals surface area (Å²) in [5.41, 5.74) is 2.79. The van der Waals surface area contributed by atoms with E-state index in [0.717, 1.165) is 16.3 Å². The zero-order valence-corrected chi connectivity index (χ0v) is 12.4. The van der Waals surface area contributed by atoms with E-state index >= 15 is 0 Å². The third-order valence-corrected chi connectivity index (χ3v) is 4.04. The molecule has 0 atom stereocenters. The van der Waals surface area contributed by atoms with Crippen molar-refractivity contribution >= 4 is 22.7 Å². The average Bonchev–Trinajstić information content (AvgIpc) is 3.03. The molecule has 2 aromatic carbocycles. The van der Waals surface area contributed by atoms with Gasteiger partial charge in [0, 0.05) is 28.8 Å². The Kier molecular flexibility index (Phi) is 4.11. The minimum atomic E-state index is -0.401. The Labute approximate surface area is 131 Å². The molecule has 0 saturated heterocycles. The molecule has 110 valence electrons. The number of nitrogens with one attached hydrogen (secondary N) is 1. The molecule has 0 bridgehead atoms. The lowest BCUT2D eigenvalue weighted by molar-refractivity contribution is -0.384. The molecular formula is C16H13N3O2S. The van der Waals surface area contributed by atoms with Gasteiger partial charge >= 0.3 is 0 Å². The van der Waals surface area contributed by atoms with E-state index in [1.165, 1.54) is 12.1 Å². The van der Waals surface area contributed by atoms with Crippen LogP contribution in [0.1, 0.15) is 5.69 Å². The number of benzene rings is 2. The molecule has 3 rings (SSSR count). The molecule has 0 spiro atoms. The van der Waals surface area contributed by atoms with E-state index < -0.39 is 4.92 Å². The summed E-state index contributed by atoms with van der Waals surface area (Å²) in [4.78, 5) is 14.9. The van der Waals surface area contributed by atoms with Gasteiger partial charge in [-0.15, -0.1) is 11.3 Å². The van der Waals surface area contributed by atoms with Crippen molar-refractivity contribution in [2.24, 2.45) is 0 Å². The molecule has 0 aliphatic heterocycles. The smallest absolute Gasteiger partial charge is 0.271 e. The minimum Gasteiger partial charge on any atom is -0.379 e. The van der Waals surface area contributed by atoms with Crippen LogP contribution in [0.2, 0.25) is 0 Å². The van der Waals surface area contributed by atoms with Crippen molar-refractivity contribution in [3.05, 3.63) is 75.8 Å².